The normalized spacial score (nSPS) is 35.2. The van der Waals surface area contributed by atoms with E-state index >= 15 is 0 Å². The minimum Gasteiger partial charge on any atom is -0.316 e. The first-order valence-corrected chi connectivity index (χ1v) is 5.52. The third-order valence-corrected chi connectivity index (χ3v) is 4.04. The molecule has 1 aliphatic carbocycles. The molecule has 1 heteroatoms. The van der Waals surface area contributed by atoms with E-state index in [4.69, 9.17) is 0 Å². The van der Waals surface area contributed by atoms with E-state index in [9.17, 15) is 0 Å². The van der Waals surface area contributed by atoms with Gasteiger partial charge in [-0.2, -0.15) is 0 Å². The van der Waals surface area contributed by atoms with Gasteiger partial charge in [-0.05, 0) is 43.7 Å². The first-order valence-electron chi connectivity index (χ1n) is 5.52. The molecule has 1 atom stereocenters. The molecule has 0 bridgehead atoms. The second-order valence-corrected chi connectivity index (χ2v) is 4.90. The first-order chi connectivity index (χ1) is 5.81. The Morgan fingerprint density at radius 3 is 2.50 bits per heavy atom. The molecule has 2 aliphatic rings. The average Bonchev–Trinajstić information content (AvgIpc) is 2.58. The minimum absolute atomic E-state index is 0.696. The smallest absolute Gasteiger partial charge is 0.00148 e. The van der Waals surface area contributed by atoms with E-state index in [2.05, 4.69) is 12.2 Å². The monoisotopic (exact) mass is 167 g/mol. The summed E-state index contributed by atoms with van der Waals surface area (Å²) < 4.78 is 0. The molecule has 1 N–H and O–H groups in total. The molecule has 0 aromatic heterocycles. The first kappa shape index (κ1) is 8.55. The molecule has 0 amide bonds. The van der Waals surface area contributed by atoms with Crippen LogP contribution in [0.5, 0.6) is 0 Å². The summed E-state index contributed by atoms with van der Waals surface area (Å²) in [5.74, 6) is 0.984. The Morgan fingerprint density at radius 1 is 1.17 bits per heavy atom. The minimum atomic E-state index is 0.696. The zero-order valence-corrected chi connectivity index (χ0v) is 8.23. The van der Waals surface area contributed by atoms with Gasteiger partial charge in [-0.25, -0.2) is 0 Å². The van der Waals surface area contributed by atoms with E-state index in [1.165, 1.54) is 51.6 Å². The molecule has 1 saturated heterocycles. The summed E-state index contributed by atoms with van der Waals surface area (Å²) in [7, 11) is 0. The van der Waals surface area contributed by atoms with Gasteiger partial charge in [0.25, 0.3) is 0 Å². The summed E-state index contributed by atoms with van der Waals surface area (Å²) in [6.45, 7) is 5.07. The van der Waals surface area contributed by atoms with Crippen molar-refractivity contribution in [3.8, 4) is 0 Å². The van der Waals surface area contributed by atoms with Crippen molar-refractivity contribution in [2.24, 2.45) is 11.3 Å². The van der Waals surface area contributed by atoms with Crippen molar-refractivity contribution in [2.45, 2.75) is 45.4 Å². The highest BCUT2D eigenvalue weighted by Gasteiger charge is 2.36. The summed E-state index contributed by atoms with van der Waals surface area (Å²) in [5.41, 5.74) is 0.696. The Hall–Kier alpha value is -0.0400. The Bertz CT molecular complexity index is 141. The van der Waals surface area contributed by atoms with Crippen LogP contribution in [0.4, 0.5) is 0 Å². The van der Waals surface area contributed by atoms with E-state index in [1.54, 1.807) is 0 Å². The molecule has 2 fully saturated rings. The van der Waals surface area contributed by atoms with E-state index < -0.39 is 0 Å². The molecule has 1 nitrogen and oxygen atoms in total. The van der Waals surface area contributed by atoms with E-state index in [1.807, 2.05) is 0 Å². The maximum Gasteiger partial charge on any atom is -0.00148 e. The van der Waals surface area contributed by atoms with Gasteiger partial charge in [-0.15, -0.1) is 0 Å². The predicted molar refractivity (Wildman–Crippen MR) is 52.2 cm³/mol. The predicted octanol–water partition coefficient (Wildman–Crippen LogP) is 2.57. The zero-order chi connectivity index (χ0) is 8.44. The van der Waals surface area contributed by atoms with Crippen LogP contribution in [0, 0.1) is 11.3 Å². The molecule has 0 aromatic rings. The van der Waals surface area contributed by atoms with Crippen molar-refractivity contribution in [1.29, 1.82) is 0 Å². The van der Waals surface area contributed by atoms with Crippen LogP contribution in [-0.4, -0.2) is 13.1 Å². The molecule has 0 spiro atoms. The van der Waals surface area contributed by atoms with Crippen LogP contribution >= 0.6 is 0 Å². The number of hydrogen-bond donors (Lipinski definition) is 1. The average molecular weight is 167 g/mol. The largest absolute Gasteiger partial charge is 0.316 e. The number of hydrogen-bond acceptors (Lipinski definition) is 1. The molecule has 1 unspecified atom stereocenters. The highest BCUT2D eigenvalue weighted by molar-refractivity contribution is 4.89. The van der Waals surface area contributed by atoms with Crippen LogP contribution in [0.1, 0.15) is 45.4 Å². The molecule has 2 rings (SSSR count). The summed E-state index contributed by atoms with van der Waals surface area (Å²) in [6.07, 6.45) is 8.84. The van der Waals surface area contributed by atoms with Crippen LogP contribution < -0.4 is 5.32 Å². The summed E-state index contributed by atoms with van der Waals surface area (Å²) in [6, 6.07) is 0. The van der Waals surface area contributed by atoms with Gasteiger partial charge in [0.2, 0.25) is 0 Å². The summed E-state index contributed by atoms with van der Waals surface area (Å²) in [4.78, 5) is 0. The second kappa shape index (κ2) is 3.37. The lowest BCUT2D eigenvalue weighted by Gasteiger charge is -2.38. The van der Waals surface area contributed by atoms with Crippen LogP contribution in [0.15, 0.2) is 0 Å². The van der Waals surface area contributed by atoms with Crippen molar-refractivity contribution in [1.82, 2.24) is 5.32 Å². The third-order valence-electron chi connectivity index (χ3n) is 4.04. The highest BCUT2D eigenvalue weighted by atomic mass is 14.9. The summed E-state index contributed by atoms with van der Waals surface area (Å²) in [5, 5.41) is 3.49. The lowest BCUT2D eigenvalue weighted by molar-refractivity contribution is 0.131. The maximum atomic E-state index is 3.49. The van der Waals surface area contributed by atoms with Crippen LogP contribution in [0.3, 0.4) is 0 Å². The molecule has 12 heavy (non-hydrogen) atoms. The van der Waals surface area contributed by atoms with Gasteiger partial charge in [-0.1, -0.05) is 26.2 Å². The molecule has 70 valence electrons. The van der Waals surface area contributed by atoms with Gasteiger partial charge in [0.15, 0.2) is 0 Å². The van der Waals surface area contributed by atoms with Crippen molar-refractivity contribution in [3.05, 3.63) is 0 Å². The second-order valence-electron chi connectivity index (χ2n) is 4.90. The van der Waals surface area contributed by atoms with Gasteiger partial charge in [0.1, 0.15) is 0 Å². The Kier molecular flexibility index (Phi) is 2.40. The Morgan fingerprint density at radius 2 is 1.92 bits per heavy atom. The van der Waals surface area contributed by atoms with Crippen LogP contribution in [0.2, 0.25) is 0 Å². The van der Waals surface area contributed by atoms with Crippen molar-refractivity contribution in [3.63, 3.8) is 0 Å². The topological polar surface area (TPSA) is 12.0 Å². The number of rotatable bonds is 1. The molecular weight excluding hydrogens is 146 g/mol. The lowest BCUT2D eigenvalue weighted by atomic mass is 9.67. The molecule has 0 aromatic carbocycles. The van der Waals surface area contributed by atoms with Crippen molar-refractivity contribution in [2.75, 3.05) is 13.1 Å². The third kappa shape index (κ3) is 1.52. The lowest BCUT2D eigenvalue weighted by Crippen LogP contribution is -2.31. The van der Waals surface area contributed by atoms with Gasteiger partial charge in [0.05, 0.1) is 0 Å². The van der Waals surface area contributed by atoms with Crippen molar-refractivity contribution >= 4 is 0 Å². The van der Waals surface area contributed by atoms with Crippen LogP contribution in [0.25, 0.3) is 0 Å². The standard InChI is InChI=1S/C11H21N/c1-11(6-3-2-4-7-11)10-5-8-12-9-10/h10,12H,2-9H2,1H3. The molecule has 1 saturated carbocycles. The number of nitrogens with one attached hydrogen (secondary N) is 1. The van der Waals surface area contributed by atoms with E-state index in [0.29, 0.717) is 5.41 Å². The van der Waals surface area contributed by atoms with Crippen LogP contribution in [-0.2, 0) is 0 Å². The van der Waals surface area contributed by atoms with E-state index in [0.717, 1.165) is 5.92 Å². The van der Waals surface area contributed by atoms with Gasteiger partial charge in [0, 0.05) is 0 Å². The van der Waals surface area contributed by atoms with Gasteiger partial charge < -0.3 is 5.32 Å². The van der Waals surface area contributed by atoms with Gasteiger partial charge >= 0.3 is 0 Å². The molecule has 1 aliphatic heterocycles. The molecule has 0 radical (unpaired) electrons. The summed E-state index contributed by atoms with van der Waals surface area (Å²) >= 11 is 0. The van der Waals surface area contributed by atoms with E-state index in [-0.39, 0.29) is 0 Å². The molecular formula is C11H21N. The Balaban J connectivity index is 1.97. The molecule has 1 heterocycles. The fourth-order valence-electron chi connectivity index (χ4n) is 3.02. The fourth-order valence-corrected chi connectivity index (χ4v) is 3.02. The zero-order valence-electron chi connectivity index (χ0n) is 8.23. The SMILES string of the molecule is CC1(C2CCNC2)CCCCC1. The van der Waals surface area contributed by atoms with Crippen molar-refractivity contribution < 1.29 is 0 Å². The fraction of sp³-hybridized carbons (Fsp3) is 1.00. The maximum absolute atomic E-state index is 3.49. The quantitative estimate of drug-likeness (QED) is 0.633. The highest BCUT2D eigenvalue weighted by Crippen LogP contribution is 2.44. The Labute approximate surface area is 75.9 Å². The van der Waals surface area contributed by atoms with Gasteiger partial charge in [-0.3, -0.25) is 0 Å².